The third-order valence-corrected chi connectivity index (χ3v) is 10.7. The highest BCUT2D eigenvalue weighted by Gasteiger charge is 2.47. The van der Waals surface area contributed by atoms with Crippen LogP contribution in [0.3, 0.4) is 0 Å². The number of benzene rings is 1. The highest BCUT2D eigenvalue weighted by Crippen LogP contribution is 2.45. The van der Waals surface area contributed by atoms with Crippen molar-refractivity contribution in [1.82, 2.24) is 24.8 Å². The molecule has 3 aromatic rings. The molecule has 2 aromatic heterocycles. The number of phenolic OH excluding ortho intramolecular Hbond substituents is 1. The minimum Gasteiger partial charge on any atom is -0.508 e. The molecule has 12 heteroatoms. The number of amides is 1. The molecule has 11 nitrogen and oxygen atoms in total. The van der Waals surface area contributed by atoms with Crippen molar-refractivity contribution in [2.45, 2.75) is 69.7 Å². The quantitative estimate of drug-likeness (QED) is 0.319. The van der Waals surface area contributed by atoms with Gasteiger partial charge in [-0.05, 0) is 80.7 Å². The van der Waals surface area contributed by atoms with Gasteiger partial charge in [-0.1, -0.05) is 18.6 Å². The smallest absolute Gasteiger partial charge is 0.319 e. The summed E-state index contributed by atoms with van der Waals surface area (Å²) in [4.78, 5) is 32.8. The topological polar surface area (TPSA) is 113 Å². The van der Waals surface area contributed by atoms with Gasteiger partial charge in [0, 0.05) is 52.3 Å². The van der Waals surface area contributed by atoms with Crippen molar-refractivity contribution in [3.63, 3.8) is 0 Å². The Morgan fingerprint density at radius 1 is 1.16 bits per heavy atom. The second-order valence-corrected chi connectivity index (χ2v) is 14.2. The van der Waals surface area contributed by atoms with Gasteiger partial charge >= 0.3 is 6.01 Å². The van der Waals surface area contributed by atoms with E-state index in [1.54, 1.807) is 31.1 Å². The first-order valence-electron chi connectivity index (χ1n) is 17.6. The van der Waals surface area contributed by atoms with Gasteiger partial charge in [0.1, 0.15) is 34.8 Å². The lowest BCUT2D eigenvalue weighted by molar-refractivity contribution is -0.127. The van der Waals surface area contributed by atoms with Crippen LogP contribution in [0.25, 0.3) is 22.2 Å². The van der Waals surface area contributed by atoms with E-state index in [9.17, 15) is 9.90 Å². The number of phenols is 1. The molecule has 1 aliphatic carbocycles. The Morgan fingerprint density at radius 3 is 2.84 bits per heavy atom. The van der Waals surface area contributed by atoms with Crippen LogP contribution < -0.4 is 14.4 Å². The molecule has 7 rings (SSSR count). The largest absolute Gasteiger partial charge is 0.508 e. The fourth-order valence-corrected chi connectivity index (χ4v) is 8.23. The molecule has 1 N–H and O–H groups in total. The lowest BCUT2D eigenvalue weighted by atomic mass is 9.80. The Morgan fingerprint density at radius 2 is 2.02 bits per heavy atom. The van der Waals surface area contributed by atoms with E-state index < -0.39 is 5.82 Å². The number of carbonyl (C=O) groups is 1. The summed E-state index contributed by atoms with van der Waals surface area (Å²) in [5.41, 5.74) is 3.74. The van der Waals surface area contributed by atoms with Crippen LogP contribution in [0.5, 0.6) is 17.6 Å². The summed E-state index contributed by atoms with van der Waals surface area (Å²) in [7, 11) is 5.07. The van der Waals surface area contributed by atoms with Crippen molar-refractivity contribution < 1.29 is 28.5 Å². The summed E-state index contributed by atoms with van der Waals surface area (Å²) in [6.07, 6.45) is 8.83. The Kier molecular flexibility index (Phi) is 9.36. The van der Waals surface area contributed by atoms with Gasteiger partial charge in [0.05, 0.1) is 19.3 Å². The van der Waals surface area contributed by atoms with Crippen LogP contribution in [0.15, 0.2) is 23.8 Å². The number of fused-ring (bicyclic) bond motifs is 3. The number of nitrogens with zero attached hydrogens (tertiary/aromatic N) is 6. The predicted molar refractivity (Wildman–Crippen MR) is 185 cm³/mol. The van der Waals surface area contributed by atoms with Gasteiger partial charge in [-0.2, -0.15) is 9.97 Å². The molecule has 3 fully saturated rings. The summed E-state index contributed by atoms with van der Waals surface area (Å²) in [6, 6.07) is 3.49. The number of rotatable bonds is 8. The van der Waals surface area contributed by atoms with Crippen molar-refractivity contribution in [3.05, 3.63) is 40.7 Å². The fourth-order valence-electron chi connectivity index (χ4n) is 8.23. The molecule has 3 saturated heterocycles. The molecule has 2 atom stereocenters. The molecule has 0 radical (unpaired) electrons. The average Bonchev–Trinajstić information content (AvgIpc) is 3.50. The second-order valence-electron chi connectivity index (χ2n) is 14.2. The zero-order chi connectivity index (χ0) is 34.3. The Hall–Kier alpha value is -4.03. The lowest BCUT2D eigenvalue weighted by Crippen LogP contribution is -2.43. The number of aromatic nitrogens is 3. The number of hydrogen-bond acceptors (Lipinski definition) is 10. The summed E-state index contributed by atoms with van der Waals surface area (Å²) >= 11 is 0. The summed E-state index contributed by atoms with van der Waals surface area (Å²) in [6.45, 7) is 6.59. The minimum absolute atomic E-state index is 0.0718. The molecule has 1 amide bonds. The fraction of sp³-hybridized carbons (Fsp3) is 0.568. The van der Waals surface area contributed by atoms with Crippen LogP contribution in [-0.4, -0.2) is 109 Å². The summed E-state index contributed by atoms with van der Waals surface area (Å²) < 4.78 is 35.2. The number of pyridine rings is 1. The minimum atomic E-state index is -0.599. The van der Waals surface area contributed by atoms with Crippen LogP contribution in [0.1, 0.15) is 68.9 Å². The number of ether oxygens (including phenoxy) is 3. The molecule has 4 aliphatic rings. The summed E-state index contributed by atoms with van der Waals surface area (Å²) in [5.74, 6) is 0.459. The van der Waals surface area contributed by atoms with E-state index in [1.165, 1.54) is 12.7 Å². The van der Waals surface area contributed by atoms with Gasteiger partial charge in [-0.15, -0.1) is 0 Å². The first-order chi connectivity index (χ1) is 23.7. The van der Waals surface area contributed by atoms with E-state index in [0.29, 0.717) is 56.1 Å². The monoisotopic (exact) mass is 674 g/mol. The Bertz CT molecular complexity index is 1770. The number of hydrogen-bond donors (Lipinski definition) is 1. The molecule has 5 heterocycles. The van der Waals surface area contributed by atoms with E-state index in [-0.39, 0.29) is 46.2 Å². The molecular weight excluding hydrogens is 627 g/mol. The Labute approximate surface area is 287 Å². The van der Waals surface area contributed by atoms with E-state index >= 15 is 4.39 Å². The highest BCUT2D eigenvalue weighted by atomic mass is 19.1. The maximum atomic E-state index is 17.1. The molecule has 262 valence electrons. The van der Waals surface area contributed by atoms with Gasteiger partial charge in [-0.3, -0.25) is 9.69 Å². The maximum absolute atomic E-state index is 17.1. The number of aryl methyl sites for hydroxylation is 1. The normalized spacial score (nSPS) is 23.4. The lowest BCUT2D eigenvalue weighted by Gasteiger charge is -2.31. The van der Waals surface area contributed by atoms with E-state index in [4.69, 9.17) is 29.2 Å². The molecule has 1 aromatic carbocycles. The van der Waals surface area contributed by atoms with Crippen LogP contribution in [0.2, 0.25) is 0 Å². The average molecular weight is 675 g/mol. The van der Waals surface area contributed by atoms with E-state index in [1.807, 2.05) is 0 Å². The van der Waals surface area contributed by atoms with Crippen molar-refractivity contribution in [2.24, 2.45) is 0 Å². The molecule has 49 heavy (non-hydrogen) atoms. The molecule has 3 aliphatic heterocycles. The van der Waals surface area contributed by atoms with E-state index in [2.05, 4.69) is 22.8 Å². The Balaban J connectivity index is 1.31. The van der Waals surface area contributed by atoms with Gasteiger partial charge in [-0.25, -0.2) is 9.37 Å². The molecule has 2 unspecified atom stereocenters. The van der Waals surface area contributed by atoms with Crippen LogP contribution in [0.4, 0.5) is 10.2 Å². The van der Waals surface area contributed by atoms with Gasteiger partial charge in [0.2, 0.25) is 11.8 Å². The number of halogens is 1. The molecular formula is C37H47FN6O5. The number of anilines is 1. The number of carbonyl (C=O) groups excluding carboxylic acids is 1. The third kappa shape index (κ3) is 6.40. The van der Waals surface area contributed by atoms with Crippen LogP contribution in [0, 0.1) is 5.82 Å². The van der Waals surface area contributed by atoms with Gasteiger partial charge in [0.15, 0.2) is 5.82 Å². The number of methoxy groups -OCH3 is 1. The zero-order valence-electron chi connectivity index (χ0n) is 29.1. The van der Waals surface area contributed by atoms with Crippen molar-refractivity contribution in [3.8, 4) is 28.9 Å². The van der Waals surface area contributed by atoms with Crippen molar-refractivity contribution in [2.75, 3.05) is 72.1 Å². The second kappa shape index (κ2) is 13.7. The van der Waals surface area contributed by atoms with Crippen LogP contribution in [-0.2, 0) is 16.0 Å². The van der Waals surface area contributed by atoms with Gasteiger partial charge < -0.3 is 29.1 Å². The van der Waals surface area contributed by atoms with E-state index in [0.717, 1.165) is 69.2 Å². The SMILES string of the molecule is COc1nc(-c2cc(O)cc3c2C(C)CCC3)c(F)c2nc(OCC34CCCN3C/C(=C\CC(=O)N(C)C)C4)nc(N3CCCOCC3)c12. The predicted octanol–water partition coefficient (Wildman–Crippen LogP) is 5.23. The number of aromatic hydroxyl groups is 1. The van der Waals surface area contributed by atoms with Gasteiger partial charge in [0.25, 0.3) is 0 Å². The highest BCUT2D eigenvalue weighted by molar-refractivity contribution is 5.97. The first kappa shape index (κ1) is 33.5. The maximum Gasteiger partial charge on any atom is 0.319 e. The molecule has 0 spiro atoms. The molecule has 0 bridgehead atoms. The summed E-state index contributed by atoms with van der Waals surface area (Å²) in [5, 5.41) is 11.1. The van der Waals surface area contributed by atoms with Crippen LogP contribution >= 0.6 is 0 Å². The van der Waals surface area contributed by atoms with Crippen molar-refractivity contribution >= 4 is 22.6 Å². The van der Waals surface area contributed by atoms with Crippen molar-refractivity contribution in [1.29, 1.82) is 0 Å². The first-order valence-corrected chi connectivity index (χ1v) is 17.6. The zero-order valence-corrected chi connectivity index (χ0v) is 29.1. The standard InChI is InChI=1S/C37H47FN6O5/c1-23-8-5-9-25-18-26(45)19-27(29(23)25)32-31(38)33-30(35(39-32)47-4)34(43-13-7-16-48-17-15-43)41-36(40-33)49-22-37-12-6-14-44(37)21-24(20-37)10-11-28(46)42(2)3/h10,18-19,23,45H,5-9,11-17,20-22H2,1-4H3/b24-10-. The molecule has 0 saturated carbocycles. The third-order valence-electron chi connectivity index (χ3n) is 10.7.